The number of aryl methyl sites for hydroxylation is 1. The second kappa shape index (κ2) is 6.34. The molecule has 0 aliphatic carbocycles. The molecular formula is C14H18FN4O3S+. The van der Waals surface area contributed by atoms with Crippen LogP contribution in [0.3, 0.4) is 0 Å². The van der Waals surface area contributed by atoms with Crippen LogP contribution in [0.25, 0.3) is 0 Å². The number of quaternary nitrogens is 1. The quantitative estimate of drug-likeness (QED) is 0.819. The van der Waals surface area contributed by atoms with E-state index in [4.69, 9.17) is 4.42 Å². The molecule has 23 heavy (non-hydrogen) atoms. The third-order valence-corrected chi connectivity index (χ3v) is 5.76. The van der Waals surface area contributed by atoms with Gasteiger partial charge in [0.05, 0.1) is 31.1 Å². The maximum Gasteiger partial charge on any atom is 0.271 e. The molecule has 1 aliphatic heterocycles. The zero-order valence-electron chi connectivity index (χ0n) is 12.7. The van der Waals surface area contributed by atoms with Gasteiger partial charge in [-0.25, -0.2) is 12.8 Å². The van der Waals surface area contributed by atoms with E-state index in [1.165, 1.54) is 21.3 Å². The number of sulfonamides is 1. The van der Waals surface area contributed by atoms with E-state index in [-0.39, 0.29) is 4.90 Å². The van der Waals surface area contributed by atoms with Crippen molar-refractivity contribution >= 4 is 10.0 Å². The largest absolute Gasteiger partial charge is 0.420 e. The van der Waals surface area contributed by atoms with E-state index in [1.54, 1.807) is 6.92 Å². The SMILES string of the molecule is Cc1nnc(C[NH+]2CCN(S(=O)(=O)c3ccc(F)cc3)CC2)o1. The predicted molar refractivity (Wildman–Crippen MR) is 78.6 cm³/mol. The number of nitrogens with one attached hydrogen (secondary N) is 1. The first kappa shape index (κ1) is 16.0. The van der Waals surface area contributed by atoms with Gasteiger partial charge in [0.1, 0.15) is 5.82 Å². The maximum atomic E-state index is 12.9. The number of nitrogens with zero attached hydrogens (tertiary/aromatic N) is 3. The van der Waals surface area contributed by atoms with Crippen LogP contribution in [0.5, 0.6) is 0 Å². The van der Waals surface area contributed by atoms with Gasteiger partial charge in [-0.2, -0.15) is 4.31 Å². The highest BCUT2D eigenvalue weighted by atomic mass is 32.2. The zero-order chi connectivity index (χ0) is 16.4. The Morgan fingerprint density at radius 3 is 2.43 bits per heavy atom. The molecule has 0 amide bonds. The van der Waals surface area contributed by atoms with E-state index < -0.39 is 15.8 Å². The number of piperazine rings is 1. The Bertz CT molecular complexity index is 768. The van der Waals surface area contributed by atoms with Gasteiger partial charge >= 0.3 is 0 Å². The van der Waals surface area contributed by atoms with E-state index in [9.17, 15) is 12.8 Å². The summed E-state index contributed by atoms with van der Waals surface area (Å²) in [5.74, 6) is 0.636. The maximum absolute atomic E-state index is 12.9. The molecule has 3 rings (SSSR count). The van der Waals surface area contributed by atoms with Gasteiger partial charge in [-0.05, 0) is 24.3 Å². The summed E-state index contributed by atoms with van der Waals surface area (Å²) in [6, 6.07) is 4.91. The fourth-order valence-electron chi connectivity index (χ4n) is 2.60. The summed E-state index contributed by atoms with van der Waals surface area (Å²) >= 11 is 0. The molecule has 0 unspecified atom stereocenters. The van der Waals surface area contributed by atoms with Crippen molar-refractivity contribution in [1.82, 2.24) is 14.5 Å². The van der Waals surface area contributed by atoms with Gasteiger partial charge in [-0.1, -0.05) is 0 Å². The second-order valence-electron chi connectivity index (χ2n) is 5.50. The van der Waals surface area contributed by atoms with Crippen molar-refractivity contribution in [1.29, 1.82) is 0 Å². The predicted octanol–water partition coefficient (Wildman–Crippen LogP) is -0.393. The van der Waals surface area contributed by atoms with Gasteiger partial charge in [0.25, 0.3) is 5.89 Å². The zero-order valence-corrected chi connectivity index (χ0v) is 13.5. The summed E-state index contributed by atoms with van der Waals surface area (Å²) in [7, 11) is -3.57. The molecule has 2 aromatic rings. The molecule has 1 aliphatic rings. The first-order valence-electron chi connectivity index (χ1n) is 7.33. The molecule has 124 valence electrons. The molecule has 1 aromatic carbocycles. The van der Waals surface area contributed by atoms with E-state index in [0.29, 0.717) is 44.5 Å². The highest BCUT2D eigenvalue weighted by molar-refractivity contribution is 7.89. The summed E-state index contributed by atoms with van der Waals surface area (Å²) < 4.78 is 44.8. The van der Waals surface area contributed by atoms with E-state index in [2.05, 4.69) is 10.2 Å². The molecule has 0 spiro atoms. The van der Waals surface area contributed by atoms with Crippen molar-refractivity contribution in [2.45, 2.75) is 18.4 Å². The molecule has 1 aromatic heterocycles. The van der Waals surface area contributed by atoms with E-state index >= 15 is 0 Å². The Balaban J connectivity index is 1.62. The lowest BCUT2D eigenvalue weighted by Crippen LogP contribution is -3.13. The molecular weight excluding hydrogens is 323 g/mol. The lowest BCUT2D eigenvalue weighted by atomic mass is 10.3. The minimum Gasteiger partial charge on any atom is -0.420 e. The van der Waals surface area contributed by atoms with Gasteiger partial charge in [-0.3, -0.25) is 0 Å². The van der Waals surface area contributed by atoms with Gasteiger partial charge < -0.3 is 9.32 Å². The van der Waals surface area contributed by atoms with Crippen LogP contribution >= 0.6 is 0 Å². The first-order chi connectivity index (χ1) is 10.9. The van der Waals surface area contributed by atoms with Crippen LogP contribution in [0.4, 0.5) is 4.39 Å². The average Bonchev–Trinajstić information content (AvgIpc) is 2.93. The van der Waals surface area contributed by atoms with Gasteiger partial charge in [-0.15, -0.1) is 10.2 Å². The summed E-state index contributed by atoms with van der Waals surface area (Å²) in [5.41, 5.74) is 0. The standard InChI is InChI=1S/C14H17FN4O3S/c1-11-16-17-14(22-11)10-18-6-8-19(9-7-18)23(20,21)13-4-2-12(15)3-5-13/h2-5H,6-10H2,1H3/p+1. The molecule has 0 bridgehead atoms. The number of benzene rings is 1. The minimum absolute atomic E-state index is 0.120. The van der Waals surface area contributed by atoms with Crippen molar-refractivity contribution in [3.05, 3.63) is 41.9 Å². The molecule has 9 heteroatoms. The minimum atomic E-state index is -3.57. The fourth-order valence-corrected chi connectivity index (χ4v) is 4.04. The molecule has 0 saturated carbocycles. The molecule has 1 fully saturated rings. The fraction of sp³-hybridized carbons (Fsp3) is 0.429. The van der Waals surface area contributed by atoms with Crippen molar-refractivity contribution in [2.24, 2.45) is 0 Å². The van der Waals surface area contributed by atoms with Crippen LogP contribution < -0.4 is 4.90 Å². The Morgan fingerprint density at radius 2 is 1.87 bits per heavy atom. The van der Waals surface area contributed by atoms with Crippen LogP contribution in [0, 0.1) is 12.7 Å². The lowest BCUT2D eigenvalue weighted by Gasteiger charge is -2.30. The molecule has 1 N–H and O–H groups in total. The number of hydrogen-bond donors (Lipinski definition) is 1. The van der Waals surface area contributed by atoms with E-state index in [0.717, 1.165) is 12.1 Å². The van der Waals surface area contributed by atoms with E-state index in [1.807, 2.05) is 0 Å². The van der Waals surface area contributed by atoms with Gasteiger partial charge in [0.15, 0.2) is 6.54 Å². The highest BCUT2D eigenvalue weighted by Gasteiger charge is 2.31. The summed E-state index contributed by atoms with van der Waals surface area (Å²) in [6.07, 6.45) is 0. The third-order valence-electron chi connectivity index (χ3n) is 3.85. The molecule has 0 atom stereocenters. The van der Waals surface area contributed by atoms with Crippen LogP contribution in [0.15, 0.2) is 33.6 Å². The summed E-state index contributed by atoms with van der Waals surface area (Å²) in [5, 5.41) is 7.74. The van der Waals surface area contributed by atoms with Crippen LogP contribution in [-0.2, 0) is 16.6 Å². The van der Waals surface area contributed by atoms with Crippen molar-refractivity contribution < 1.29 is 22.1 Å². The van der Waals surface area contributed by atoms with Gasteiger partial charge in [0.2, 0.25) is 15.9 Å². The summed E-state index contributed by atoms with van der Waals surface area (Å²) in [4.78, 5) is 1.31. The van der Waals surface area contributed by atoms with Crippen molar-refractivity contribution in [3.63, 3.8) is 0 Å². The van der Waals surface area contributed by atoms with Crippen LogP contribution in [-0.4, -0.2) is 49.1 Å². The number of aromatic nitrogens is 2. The third kappa shape index (κ3) is 3.57. The van der Waals surface area contributed by atoms with Crippen molar-refractivity contribution in [2.75, 3.05) is 26.2 Å². The monoisotopic (exact) mass is 341 g/mol. The van der Waals surface area contributed by atoms with Crippen molar-refractivity contribution in [3.8, 4) is 0 Å². The Kier molecular flexibility index (Phi) is 4.42. The lowest BCUT2D eigenvalue weighted by molar-refractivity contribution is -0.918. The molecule has 7 nitrogen and oxygen atoms in total. The van der Waals surface area contributed by atoms with Gasteiger partial charge in [0, 0.05) is 6.92 Å². The van der Waals surface area contributed by atoms with Crippen LogP contribution in [0.1, 0.15) is 11.8 Å². The number of rotatable bonds is 4. The smallest absolute Gasteiger partial charge is 0.271 e. The van der Waals surface area contributed by atoms with Crippen LogP contribution in [0.2, 0.25) is 0 Å². The molecule has 1 saturated heterocycles. The Morgan fingerprint density at radius 1 is 1.22 bits per heavy atom. The topological polar surface area (TPSA) is 80.7 Å². The molecule has 2 heterocycles. The first-order valence-corrected chi connectivity index (χ1v) is 8.77. The highest BCUT2D eigenvalue weighted by Crippen LogP contribution is 2.16. The number of halogens is 1. The normalized spacial score (nSPS) is 17.5. The average molecular weight is 341 g/mol. The summed E-state index contributed by atoms with van der Waals surface area (Å²) in [6.45, 7) is 4.44. The number of hydrogen-bond acceptors (Lipinski definition) is 5. The second-order valence-corrected chi connectivity index (χ2v) is 7.44. The molecule has 0 radical (unpaired) electrons. The Labute approximate surface area is 133 Å². The Hall–Kier alpha value is -1.84.